The number of aromatic nitrogens is 2. The number of carbonyl (C=O) groups excluding carboxylic acids is 1. The standard InChI is InChI=1S/C24H26ClFN4O2/c1-16-15-29(11-12-32-16)22(23-20(25)9-6-10-21(23)26)14-27-24(31)19-13-28-30(17(19)2)18-7-4-3-5-8-18/h3-10,13,16,22H,11-12,14-15H2,1-2H3,(H,27,31). The van der Waals surface area contributed by atoms with Crippen LogP contribution in [0, 0.1) is 12.7 Å². The summed E-state index contributed by atoms with van der Waals surface area (Å²) in [5, 5.41) is 7.68. The molecule has 1 N–H and O–H groups in total. The highest BCUT2D eigenvalue weighted by atomic mass is 35.5. The molecule has 8 heteroatoms. The Balaban J connectivity index is 1.56. The summed E-state index contributed by atoms with van der Waals surface area (Å²) in [5.74, 6) is -0.646. The number of halogens is 2. The van der Waals surface area contributed by atoms with E-state index in [0.717, 1.165) is 11.4 Å². The van der Waals surface area contributed by atoms with Crippen LogP contribution in [-0.4, -0.2) is 52.9 Å². The minimum absolute atomic E-state index is 0.0128. The van der Waals surface area contributed by atoms with Crippen molar-refractivity contribution in [3.63, 3.8) is 0 Å². The van der Waals surface area contributed by atoms with Gasteiger partial charge in [-0.25, -0.2) is 9.07 Å². The van der Waals surface area contributed by atoms with Gasteiger partial charge >= 0.3 is 0 Å². The molecule has 3 aromatic rings. The molecular formula is C24H26ClFN4O2. The molecule has 2 aromatic carbocycles. The second kappa shape index (κ2) is 9.81. The van der Waals surface area contributed by atoms with E-state index < -0.39 is 6.04 Å². The van der Waals surface area contributed by atoms with Crippen molar-refractivity contribution in [1.82, 2.24) is 20.0 Å². The summed E-state index contributed by atoms with van der Waals surface area (Å²) in [4.78, 5) is 15.1. The summed E-state index contributed by atoms with van der Waals surface area (Å²) in [6.07, 6.45) is 1.57. The molecule has 1 fully saturated rings. The van der Waals surface area contributed by atoms with Gasteiger partial charge in [-0.3, -0.25) is 9.69 Å². The third kappa shape index (κ3) is 4.70. The summed E-state index contributed by atoms with van der Waals surface area (Å²) >= 11 is 6.38. The summed E-state index contributed by atoms with van der Waals surface area (Å²) in [6.45, 7) is 5.83. The van der Waals surface area contributed by atoms with Crippen LogP contribution in [0.3, 0.4) is 0 Å². The maximum absolute atomic E-state index is 14.8. The van der Waals surface area contributed by atoms with E-state index in [-0.39, 0.29) is 24.4 Å². The molecule has 1 aromatic heterocycles. The molecular weight excluding hydrogens is 431 g/mol. The van der Waals surface area contributed by atoms with E-state index in [1.807, 2.05) is 44.2 Å². The van der Waals surface area contributed by atoms with Crippen LogP contribution in [0.2, 0.25) is 5.02 Å². The maximum Gasteiger partial charge on any atom is 0.254 e. The molecule has 1 amide bonds. The number of morpholine rings is 1. The van der Waals surface area contributed by atoms with Gasteiger partial charge in [-0.15, -0.1) is 0 Å². The van der Waals surface area contributed by atoms with Crippen molar-refractivity contribution in [3.05, 3.63) is 82.4 Å². The first kappa shape index (κ1) is 22.5. The largest absolute Gasteiger partial charge is 0.376 e. The monoisotopic (exact) mass is 456 g/mol. The number of carbonyl (C=O) groups is 1. The van der Waals surface area contributed by atoms with Gasteiger partial charge in [-0.1, -0.05) is 35.9 Å². The molecule has 1 saturated heterocycles. The zero-order valence-corrected chi connectivity index (χ0v) is 18.8. The van der Waals surface area contributed by atoms with Crippen LogP contribution < -0.4 is 5.32 Å². The van der Waals surface area contributed by atoms with Gasteiger partial charge in [0.1, 0.15) is 5.82 Å². The van der Waals surface area contributed by atoms with E-state index in [0.29, 0.717) is 35.8 Å². The van der Waals surface area contributed by atoms with Gasteiger partial charge < -0.3 is 10.1 Å². The van der Waals surface area contributed by atoms with Gasteiger partial charge in [0.2, 0.25) is 0 Å². The van der Waals surface area contributed by atoms with Crippen molar-refractivity contribution in [1.29, 1.82) is 0 Å². The molecule has 6 nitrogen and oxygen atoms in total. The Bertz CT molecular complexity index is 1070. The molecule has 1 aliphatic rings. The Morgan fingerprint density at radius 2 is 2.06 bits per heavy atom. The zero-order chi connectivity index (χ0) is 22.7. The Labute approximate surface area is 191 Å². The third-order valence-corrected chi connectivity index (χ3v) is 6.09. The number of rotatable bonds is 6. The molecule has 2 unspecified atom stereocenters. The maximum atomic E-state index is 14.8. The highest BCUT2D eigenvalue weighted by Crippen LogP contribution is 2.31. The summed E-state index contributed by atoms with van der Waals surface area (Å²) in [5.41, 5.74) is 2.47. The average Bonchev–Trinajstić information content (AvgIpc) is 3.17. The van der Waals surface area contributed by atoms with Crippen molar-refractivity contribution < 1.29 is 13.9 Å². The normalized spacial score (nSPS) is 17.8. The van der Waals surface area contributed by atoms with Gasteiger partial charge in [0.05, 0.1) is 41.9 Å². The first-order chi connectivity index (χ1) is 15.5. The molecule has 0 bridgehead atoms. The smallest absolute Gasteiger partial charge is 0.254 e. The lowest BCUT2D eigenvalue weighted by atomic mass is 10.0. The lowest BCUT2D eigenvalue weighted by molar-refractivity contribution is -0.0346. The van der Waals surface area contributed by atoms with Gasteiger partial charge in [0, 0.05) is 30.2 Å². The Kier molecular flexibility index (Phi) is 6.89. The number of hydrogen-bond acceptors (Lipinski definition) is 4. The lowest BCUT2D eigenvalue weighted by Crippen LogP contribution is -2.47. The zero-order valence-electron chi connectivity index (χ0n) is 18.1. The van der Waals surface area contributed by atoms with Crippen molar-refractivity contribution in [2.24, 2.45) is 0 Å². The van der Waals surface area contributed by atoms with Gasteiger partial charge in [-0.2, -0.15) is 5.10 Å². The molecule has 0 spiro atoms. The minimum atomic E-state index is -0.413. The fourth-order valence-corrected chi connectivity index (χ4v) is 4.41. The molecule has 168 valence electrons. The Morgan fingerprint density at radius 1 is 1.28 bits per heavy atom. The molecule has 0 radical (unpaired) electrons. The quantitative estimate of drug-likeness (QED) is 0.605. The van der Waals surface area contributed by atoms with E-state index in [4.69, 9.17) is 16.3 Å². The predicted molar refractivity (Wildman–Crippen MR) is 122 cm³/mol. The fraction of sp³-hybridized carbons (Fsp3) is 0.333. The fourth-order valence-electron chi connectivity index (χ4n) is 4.12. The number of benzene rings is 2. The van der Waals surface area contributed by atoms with Crippen LogP contribution >= 0.6 is 11.6 Å². The number of para-hydroxylation sites is 1. The number of nitrogens with one attached hydrogen (secondary N) is 1. The number of nitrogens with zero attached hydrogens (tertiary/aromatic N) is 3. The second-order valence-electron chi connectivity index (χ2n) is 7.93. The molecule has 1 aliphatic heterocycles. The Morgan fingerprint density at radius 3 is 2.78 bits per heavy atom. The highest BCUT2D eigenvalue weighted by molar-refractivity contribution is 6.31. The summed E-state index contributed by atoms with van der Waals surface area (Å²) in [7, 11) is 0. The van der Waals surface area contributed by atoms with Crippen LogP contribution in [0.1, 0.15) is 34.6 Å². The van der Waals surface area contributed by atoms with E-state index in [1.165, 1.54) is 6.07 Å². The minimum Gasteiger partial charge on any atom is -0.376 e. The highest BCUT2D eigenvalue weighted by Gasteiger charge is 2.30. The van der Waals surface area contributed by atoms with Gasteiger partial charge in [-0.05, 0) is 38.1 Å². The molecule has 0 saturated carbocycles. The Hall–Kier alpha value is -2.74. The topological polar surface area (TPSA) is 59.4 Å². The van der Waals surface area contributed by atoms with Crippen molar-refractivity contribution in [2.45, 2.75) is 26.0 Å². The predicted octanol–water partition coefficient (Wildman–Crippen LogP) is 4.17. The van der Waals surface area contributed by atoms with Crippen molar-refractivity contribution in [3.8, 4) is 5.69 Å². The molecule has 2 atom stereocenters. The van der Waals surface area contributed by atoms with Crippen LogP contribution in [0.5, 0.6) is 0 Å². The SMILES string of the molecule is Cc1c(C(=O)NCC(c2c(F)cccc2Cl)N2CCOC(C)C2)cnn1-c1ccccc1. The second-order valence-corrected chi connectivity index (χ2v) is 8.34. The third-order valence-electron chi connectivity index (χ3n) is 5.76. The number of amides is 1. The van der Waals surface area contributed by atoms with E-state index >= 15 is 0 Å². The van der Waals surface area contributed by atoms with Crippen LogP contribution in [-0.2, 0) is 4.74 Å². The van der Waals surface area contributed by atoms with Gasteiger partial charge in [0.15, 0.2) is 0 Å². The summed E-state index contributed by atoms with van der Waals surface area (Å²) in [6, 6.07) is 13.9. The van der Waals surface area contributed by atoms with E-state index in [9.17, 15) is 9.18 Å². The van der Waals surface area contributed by atoms with E-state index in [2.05, 4.69) is 15.3 Å². The lowest BCUT2D eigenvalue weighted by Gasteiger charge is -2.38. The van der Waals surface area contributed by atoms with Crippen molar-refractivity contribution >= 4 is 17.5 Å². The first-order valence-electron chi connectivity index (χ1n) is 10.6. The number of hydrogen-bond donors (Lipinski definition) is 1. The molecule has 4 rings (SSSR count). The molecule has 0 aliphatic carbocycles. The van der Waals surface area contributed by atoms with E-state index in [1.54, 1.807) is 23.0 Å². The van der Waals surface area contributed by atoms with Crippen molar-refractivity contribution in [2.75, 3.05) is 26.2 Å². The average molecular weight is 457 g/mol. The summed E-state index contributed by atoms with van der Waals surface area (Å²) < 4.78 is 22.2. The molecule has 32 heavy (non-hydrogen) atoms. The van der Waals surface area contributed by atoms with Crippen LogP contribution in [0.15, 0.2) is 54.7 Å². The first-order valence-corrected chi connectivity index (χ1v) is 11.0. The molecule has 2 heterocycles. The van der Waals surface area contributed by atoms with Crippen LogP contribution in [0.25, 0.3) is 5.69 Å². The van der Waals surface area contributed by atoms with Gasteiger partial charge in [0.25, 0.3) is 5.91 Å². The van der Waals surface area contributed by atoms with Crippen LogP contribution in [0.4, 0.5) is 4.39 Å². The number of ether oxygens (including phenoxy) is 1.